The van der Waals surface area contributed by atoms with Crippen LogP contribution in [0, 0.1) is 11.8 Å². The van der Waals surface area contributed by atoms with E-state index in [9.17, 15) is 5.11 Å². The summed E-state index contributed by atoms with van der Waals surface area (Å²) in [6.07, 6.45) is 5.00. The SMILES string of the molecule is CC(Cl)C(C)(O)C#CC(C/C=C/c1ccccc1)c1ccccc1. The molecule has 2 aromatic rings. The van der Waals surface area contributed by atoms with Crippen LogP contribution in [0.1, 0.15) is 37.3 Å². The maximum atomic E-state index is 10.3. The smallest absolute Gasteiger partial charge is 0.138 e. The van der Waals surface area contributed by atoms with Crippen LogP contribution in [0.3, 0.4) is 0 Å². The third kappa shape index (κ3) is 5.57. The fourth-order valence-corrected chi connectivity index (χ4v) is 2.26. The first kappa shape index (κ1) is 18.3. The minimum Gasteiger partial charge on any atom is -0.376 e. The molecule has 0 heterocycles. The van der Waals surface area contributed by atoms with Gasteiger partial charge in [0.25, 0.3) is 0 Å². The molecule has 0 amide bonds. The average molecular weight is 339 g/mol. The third-order valence-electron chi connectivity index (χ3n) is 3.96. The van der Waals surface area contributed by atoms with Crippen LogP contribution in [0.25, 0.3) is 6.08 Å². The second-order valence-corrected chi connectivity index (χ2v) is 6.70. The van der Waals surface area contributed by atoms with Gasteiger partial charge in [-0.2, -0.15) is 0 Å². The number of hydrogen-bond acceptors (Lipinski definition) is 1. The maximum Gasteiger partial charge on any atom is 0.138 e. The molecule has 1 N–H and O–H groups in total. The van der Waals surface area contributed by atoms with Crippen LogP contribution in [0.2, 0.25) is 0 Å². The zero-order valence-corrected chi connectivity index (χ0v) is 14.9. The topological polar surface area (TPSA) is 20.2 Å². The van der Waals surface area contributed by atoms with E-state index in [1.165, 1.54) is 5.56 Å². The molecule has 0 spiro atoms. The van der Waals surface area contributed by atoms with Crippen molar-refractivity contribution >= 4 is 17.7 Å². The molecule has 0 fully saturated rings. The van der Waals surface area contributed by atoms with Gasteiger partial charge in [0, 0.05) is 5.92 Å². The highest BCUT2D eigenvalue weighted by molar-refractivity contribution is 6.21. The van der Waals surface area contributed by atoms with Crippen molar-refractivity contribution in [3.05, 3.63) is 77.9 Å². The molecule has 0 saturated carbocycles. The molecule has 0 radical (unpaired) electrons. The van der Waals surface area contributed by atoms with Crippen molar-refractivity contribution < 1.29 is 5.11 Å². The number of halogens is 1. The Morgan fingerprint density at radius 3 is 2.25 bits per heavy atom. The lowest BCUT2D eigenvalue weighted by atomic mass is 9.94. The average Bonchev–Trinajstić information content (AvgIpc) is 2.59. The van der Waals surface area contributed by atoms with Gasteiger partial charge in [-0.1, -0.05) is 84.7 Å². The molecule has 2 heteroatoms. The van der Waals surface area contributed by atoms with Crippen LogP contribution in [0.5, 0.6) is 0 Å². The Bertz CT molecular complexity index is 706. The molecule has 24 heavy (non-hydrogen) atoms. The summed E-state index contributed by atoms with van der Waals surface area (Å²) in [4.78, 5) is 0. The van der Waals surface area contributed by atoms with E-state index >= 15 is 0 Å². The molecular formula is C22H23ClO. The number of benzene rings is 2. The molecule has 0 aromatic heterocycles. The highest BCUT2D eigenvalue weighted by Crippen LogP contribution is 2.21. The van der Waals surface area contributed by atoms with Crippen molar-refractivity contribution in [2.45, 2.75) is 37.2 Å². The fourth-order valence-electron chi connectivity index (χ4n) is 2.20. The van der Waals surface area contributed by atoms with Crippen molar-refractivity contribution in [3.8, 4) is 11.8 Å². The number of alkyl halides is 1. The number of allylic oxidation sites excluding steroid dienone is 1. The normalized spacial score (nSPS) is 16.0. The van der Waals surface area contributed by atoms with Crippen LogP contribution in [0.4, 0.5) is 0 Å². The first-order valence-corrected chi connectivity index (χ1v) is 8.58. The van der Waals surface area contributed by atoms with Crippen LogP contribution >= 0.6 is 11.6 Å². The Kier molecular flexibility index (Phi) is 6.67. The largest absolute Gasteiger partial charge is 0.376 e. The van der Waals surface area contributed by atoms with Crippen molar-refractivity contribution in [3.63, 3.8) is 0 Å². The summed E-state index contributed by atoms with van der Waals surface area (Å²) in [6.45, 7) is 3.41. The van der Waals surface area contributed by atoms with Crippen LogP contribution < -0.4 is 0 Å². The molecule has 3 atom stereocenters. The van der Waals surface area contributed by atoms with Crippen molar-refractivity contribution in [1.82, 2.24) is 0 Å². The molecule has 2 aromatic carbocycles. The summed E-state index contributed by atoms with van der Waals surface area (Å²) in [6, 6.07) is 20.3. The summed E-state index contributed by atoms with van der Waals surface area (Å²) >= 11 is 6.02. The van der Waals surface area contributed by atoms with E-state index < -0.39 is 11.0 Å². The van der Waals surface area contributed by atoms with Gasteiger partial charge in [-0.15, -0.1) is 11.6 Å². The fraction of sp³-hybridized carbons (Fsp3) is 0.273. The Balaban J connectivity index is 2.18. The minimum atomic E-state index is -1.20. The summed E-state index contributed by atoms with van der Waals surface area (Å²) in [5, 5.41) is 9.84. The predicted molar refractivity (Wildman–Crippen MR) is 103 cm³/mol. The summed E-state index contributed by atoms with van der Waals surface area (Å²) < 4.78 is 0. The van der Waals surface area contributed by atoms with Crippen molar-refractivity contribution in [2.24, 2.45) is 0 Å². The lowest BCUT2D eigenvalue weighted by molar-refractivity contribution is 0.121. The van der Waals surface area contributed by atoms with Crippen LogP contribution in [-0.4, -0.2) is 16.1 Å². The van der Waals surface area contributed by atoms with Gasteiger partial charge in [-0.25, -0.2) is 0 Å². The van der Waals surface area contributed by atoms with Crippen molar-refractivity contribution in [2.75, 3.05) is 0 Å². The van der Waals surface area contributed by atoms with E-state index in [0.29, 0.717) is 0 Å². The molecule has 0 bridgehead atoms. The Labute approximate surface area is 150 Å². The van der Waals surface area contributed by atoms with Gasteiger partial charge in [0.1, 0.15) is 5.60 Å². The number of rotatable bonds is 5. The standard InChI is InChI=1S/C22H23ClO/c1-18(23)22(2,24)17-16-21(20-13-7-4-8-14-20)15-9-12-19-10-5-3-6-11-19/h3-14,18,21,24H,15H2,1-2H3/b12-9+. The molecule has 2 rings (SSSR count). The lowest BCUT2D eigenvalue weighted by Crippen LogP contribution is -2.31. The van der Waals surface area contributed by atoms with E-state index in [2.05, 4.69) is 48.3 Å². The zero-order valence-electron chi connectivity index (χ0n) is 14.1. The molecule has 0 aliphatic carbocycles. The van der Waals surface area contributed by atoms with Gasteiger partial charge in [0.15, 0.2) is 0 Å². The summed E-state index contributed by atoms with van der Waals surface area (Å²) in [5.74, 6) is 6.17. The Morgan fingerprint density at radius 2 is 1.67 bits per heavy atom. The minimum absolute atomic E-state index is 0.0213. The van der Waals surface area contributed by atoms with Crippen molar-refractivity contribution in [1.29, 1.82) is 0 Å². The summed E-state index contributed by atoms with van der Waals surface area (Å²) in [5.41, 5.74) is 1.11. The number of aliphatic hydroxyl groups is 1. The van der Waals surface area contributed by atoms with Gasteiger partial charge in [-0.05, 0) is 31.4 Å². The van der Waals surface area contributed by atoms with E-state index in [1.54, 1.807) is 13.8 Å². The monoisotopic (exact) mass is 338 g/mol. The maximum absolute atomic E-state index is 10.3. The van der Waals surface area contributed by atoms with E-state index in [4.69, 9.17) is 11.6 Å². The van der Waals surface area contributed by atoms with Crippen LogP contribution in [-0.2, 0) is 0 Å². The molecule has 124 valence electrons. The third-order valence-corrected chi connectivity index (χ3v) is 4.38. The van der Waals surface area contributed by atoms with Gasteiger partial charge in [-0.3, -0.25) is 0 Å². The first-order valence-electron chi connectivity index (χ1n) is 8.15. The zero-order chi connectivity index (χ0) is 17.4. The second kappa shape index (κ2) is 8.73. The highest BCUT2D eigenvalue weighted by atomic mass is 35.5. The molecule has 1 nitrogen and oxygen atoms in total. The molecule has 0 aliphatic rings. The molecular weight excluding hydrogens is 316 g/mol. The molecule has 3 unspecified atom stereocenters. The Hall–Kier alpha value is -2.01. The first-order chi connectivity index (χ1) is 11.5. The van der Waals surface area contributed by atoms with Crippen LogP contribution in [0.15, 0.2) is 66.7 Å². The number of hydrogen-bond donors (Lipinski definition) is 1. The highest BCUT2D eigenvalue weighted by Gasteiger charge is 2.24. The van der Waals surface area contributed by atoms with E-state index in [1.807, 2.05) is 36.4 Å². The quantitative estimate of drug-likeness (QED) is 0.582. The molecule has 0 saturated heterocycles. The Morgan fingerprint density at radius 1 is 1.08 bits per heavy atom. The van der Waals surface area contributed by atoms with Gasteiger partial charge in [0.05, 0.1) is 5.38 Å². The second-order valence-electron chi connectivity index (χ2n) is 6.04. The van der Waals surface area contributed by atoms with Gasteiger partial charge >= 0.3 is 0 Å². The van der Waals surface area contributed by atoms with Gasteiger partial charge < -0.3 is 5.11 Å². The van der Waals surface area contributed by atoms with Gasteiger partial charge in [0.2, 0.25) is 0 Å². The van der Waals surface area contributed by atoms with E-state index in [-0.39, 0.29) is 5.92 Å². The summed E-state index contributed by atoms with van der Waals surface area (Å²) in [7, 11) is 0. The lowest BCUT2D eigenvalue weighted by Gasteiger charge is -2.19. The molecule has 0 aliphatic heterocycles. The predicted octanol–water partition coefficient (Wildman–Crippen LogP) is 5.26. The van der Waals surface area contributed by atoms with E-state index in [0.717, 1.165) is 12.0 Å².